The molecule has 0 bridgehead atoms. The Hall–Kier alpha value is -2.03. The lowest BCUT2D eigenvalue weighted by Gasteiger charge is -1.99. The first kappa shape index (κ1) is 12.0. The van der Waals surface area contributed by atoms with Crippen LogP contribution in [-0.2, 0) is 4.79 Å². The molecule has 1 aromatic carbocycles. The first-order valence-corrected chi connectivity index (χ1v) is 4.98. The van der Waals surface area contributed by atoms with E-state index in [-0.39, 0.29) is 5.75 Å². The molecule has 0 fully saturated rings. The lowest BCUT2D eigenvalue weighted by atomic mass is 10.1. The molecule has 0 aliphatic heterocycles. The molecule has 0 atom stereocenters. The van der Waals surface area contributed by atoms with Crippen LogP contribution < -0.4 is 10.4 Å². The highest BCUT2D eigenvalue weighted by atomic mass is 16.4. The summed E-state index contributed by atoms with van der Waals surface area (Å²) >= 11 is 0. The average molecular weight is 218 g/mol. The van der Waals surface area contributed by atoms with Crippen molar-refractivity contribution in [3.8, 4) is 5.75 Å². The topological polar surface area (TPSA) is 57.5 Å². The minimum Gasteiger partial charge on any atom is -0.508 e. The number of carbonyl (C=O) groups is 1. The maximum atomic E-state index is 11.0. The predicted octanol–water partition coefficient (Wildman–Crippen LogP) is 1.00. The Bertz CT molecular complexity index is 527. The van der Waals surface area contributed by atoms with Gasteiger partial charge in [0.15, 0.2) is 0 Å². The van der Waals surface area contributed by atoms with Crippen molar-refractivity contribution in [2.75, 3.05) is 0 Å². The molecule has 84 valence electrons. The average Bonchev–Trinajstić information content (AvgIpc) is 2.22. The summed E-state index contributed by atoms with van der Waals surface area (Å²) in [5.41, 5.74) is 0.327. The van der Waals surface area contributed by atoms with Crippen LogP contribution in [0.1, 0.15) is 13.3 Å². The lowest BCUT2D eigenvalue weighted by molar-refractivity contribution is -0.130. The summed E-state index contributed by atoms with van der Waals surface area (Å²) in [7, 11) is 0. The Kier molecular flexibility index (Phi) is 3.89. The molecule has 2 N–H and O–H groups in total. The van der Waals surface area contributed by atoms with Gasteiger partial charge in [-0.2, -0.15) is 0 Å². The number of hydrogen-bond acceptors (Lipinski definition) is 2. The second kappa shape index (κ2) is 5.16. The zero-order chi connectivity index (χ0) is 12.1. The van der Waals surface area contributed by atoms with Gasteiger partial charge in [0, 0.05) is 5.57 Å². The monoisotopic (exact) mass is 218 g/mol. The molecule has 0 aliphatic rings. The quantitative estimate of drug-likeness (QED) is 0.796. The molecule has 0 heterocycles. The zero-order valence-corrected chi connectivity index (χ0v) is 9.10. The van der Waals surface area contributed by atoms with E-state index >= 15 is 0 Å². The minimum atomic E-state index is -0.938. The maximum absolute atomic E-state index is 11.0. The van der Waals surface area contributed by atoms with Gasteiger partial charge >= 0.3 is 5.97 Å². The van der Waals surface area contributed by atoms with Crippen LogP contribution in [0.5, 0.6) is 5.75 Å². The van der Waals surface area contributed by atoms with E-state index in [0.29, 0.717) is 22.4 Å². The molecule has 0 aliphatic carbocycles. The zero-order valence-electron chi connectivity index (χ0n) is 9.10. The van der Waals surface area contributed by atoms with E-state index in [0.717, 1.165) is 0 Å². The number of benzene rings is 1. The van der Waals surface area contributed by atoms with Gasteiger partial charge in [-0.3, -0.25) is 0 Å². The van der Waals surface area contributed by atoms with Crippen LogP contribution >= 0.6 is 0 Å². The van der Waals surface area contributed by atoms with Crippen LogP contribution in [0.2, 0.25) is 0 Å². The van der Waals surface area contributed by atoms with Gasteiger partial charge in [0.05, 0.1) is 0 Å². The summed E-state index contributed by atoms with van der Waals surface area (Å²) in [6.07, 6.45) is 3.67. The highest BCUT2D eigenvalue weighted by Crippen LogP contribution is 2.02. The third kappa shape index (κ3) is 2.51. The standard InChI is InChI=1S/C13H14O3/c1-3-5-9-8-10(14)6-7-12(9)11(4-2)13(15)16/h3,5-8,14H,1,4H2,2H3,(H,15,16)/b9-5-,12-11+. The van der Waals surface area contributed by atoms with Gasteiger partial charge in [0.2, 0.25) is 0 Å². The largest absolute Gasteiger partial charge is 0.508 e. The fourth-order valence-electron chi connectivity index (χ4n) is 1.55. The van der Waals surface area contributed by atoms with Crippen LogP contribution in [-0.4, -0.2) is 16.2 Å². The molecule has 0 radical (unpaired) electrons. The fourth-order valence-corrected chi connectivity index (χ4v) is 1.55. The Labute approximate surface area is 93.7 Å². The van der Waals surface area contributed by atoms with Crippen molar-refractivity contribution in [3.05, 3.63) is 41.3 Å². The minimum absolute atomic E-state index is 0.109. The van der Waals surface area contributed by atoms with Crippen molar-refractivity contribution in [2.24, 2.45) is 0 Å². The number of aromatic hydroxyl groups is 1. The molecule has 16 heavy (non-hydrogen) atoms. The molecular formula is C13H14O3. The SMILES string of the molecule is C=C/C=c1/cc(O)cc/c1=C(/CC)C(=O)O. The number of allylic oxidation sites excluding steroid dienone is 1. The predicted molar refractivity (Wildman–Crippen MR) is 63.4 cm³/mol. The molecular weight excluding hydrogens is 204 g/mol. The molecule has 0 amide bonds. The number of hydrogen-bond donors (Lipinski definition) is 2. The van der Waals surface area contributed by atoms with Crippen LogP contribution in [0, 0.1) is 0 Å². The maximum Gasteiger partial charge on any atom is 0.332 e. The summed E-state index contributed by atoms with van der Waals surface area (Å²) in [6.45, 7) is 5.35. The molecule has 0 aromatic heterocycles. The fraction of sp³-hybridized carbons (Fsp3) is 0.154. The Morgan fingerprint density at radius 2 is 2.19 bits per heavy atom. The number of aliphatic carboxylic acids is 1. The number of phenols is 1. The third-order valence-corrected chi connectivity index (χ3v) is 2.27. The number of carboxylic acid groups (broad SMARTS) is 1. The molecule has 1 rings (SSSR count). The van der Waals surface area contributed by atoms with E-state index in [4.69, 9.17) is 5.11 Å². The van der Waals surface area contributed by atoms with E-state index in [2.05, 4.69) is 6.58 Å². The Morgan fingerprint density at radius 3 is 2.69 bits per heavy atom. The summed E-state index contributed by atoms with van der Waals surface area (Å²) in [4.78, 5) is 11.0. The van der Waals surface area contributed by atoms with Crippen molar-refractivity contribution in [3.63, 3.8) is 0 Å². The first-order valence-electron chi connectivity index (χ1n) is 4.98. The highest BCUT2D eigenvalue weighted by Gasteiger charge is 2.06. The van der Waals surface area contributed by atoms with Crippen LogP contribution in [0.15, 0.2) is 30.9 Å². The van der Waals surface area contributed by atoms with Crippen LogP contribution in [0.3, 0.4) is 0 Å². The van der Waals surface area contributed by atoms with Gasteiger partial charge in [0.25, 0.3) is 0 Å². The van der Waals surface area contributed by atoms with Crippen molar-refractivity contribution in [1.29, 1.82) is 0 Å². The third-order valence-electron chi connectivity index (χ3n) is 2.27. The lowest BCUT2D eigenvalue weighted by Crippen LogP contribution is -2.28. The summed E-state index contributed by atoms with van der Waals surface area (Å²) < 4.78 is 0. The molecule has 0 spiro atoms. The van der Waals surface area contributed by atoms with E-state index < -0.39 is 5.97 Å². The Morgan fingerprint density at radius 1 is 1.50 bits per heavy atom. The van der Waals surface area contributed by atoms with E-state index in [1.807, 2.05) is 0 Å². The van der Waals surface area contributed by atoms with Crippen molar-refractivity contribution >= 4 is 17.6 Å². The van der Waals surface area contributed by atoms with Gasteiger partial charge in [-0.05, 0) is 29.0 Å². The van der Waals surface area contributed by atoms with E-state index in [1.54, 1.807) is 25.1 Å². The smallest absolute Gasteiger partial charge is 0.332 e. The molecule has 0 saturated carbocycles. The number of carboxylic acids is 1. The van der Waals surface area contributed by atoms with E-state index in [9.17, 15) is 9.90 Å². The van der Waals surface area contributed by atoms with Crippen molar-refractivity contribution < 1.29 is 15.0 Å². The normalized spacial score (nSPS) is 13.4. The van der Waals surface area contributed by atoms with Gasteiger partial charge in [-0.15, -0.1) is 0 Å². The summed E-state index contributed by atoms with van der Waals surface area (Å²) in [6, 6.07) is 4.61. The van der Waals surface area contributed by atoms with Gasteiger partial charge in [-0.25, -0.2) is 4.79 Å². The summed E-state index contributed by atoms with van der Waals surface area (Å²) in [5, 5.41) is 19.7. The number of rotatable bonds is 3. The molecule has 3 heteroatoms. The van der Waals surface area contributed by atoms with Crippen molar-refractivity contribution in [1.82, 2.24) is 0 Å². The molecule has 0 unspecified atom stereocenters. The van der Waals surface area contributed by atoms with Gasteiger partial charge in [-0.1, -0.05) is 31.7 Å². The van der Waals surface area contributed by atoms with Crippen LogP contribution in [0.4, 0.5) is 0 Å². The van der Waals surface area contributed by atoms with Crippen molar-refractivity contribution in [2.45, 2.75) is 13.3 Å². The second-order valence-corrected chi connectivity index (χ2v) is 3.31. The molecule has 0 saturated heterocycles. The Balaban J connectivity index is 3.74. The second-order valence-electron chi connectivity index (χ2n) is 3.31. The van der Waals surface area contributed by atoms with Gasteiger partial charge in [0.1, 0.15) is 5.75 Å². The number of phenolic OH excluding ortho intramolecular Hbond substituents is 1. The van der Waals surface area contributed by atoms with E-state index in [1.165, 1.54) is 12.1 Å². The first-order chi connectivity index (χ1) is 7.60. The van der Waals surface area contributed by atoms with Gasteiger partial charge < -0.3 is 10.2 Å². The van der Waals surface area contributed by atoms with Crippen LogP contribution in [0.25, 0.3) is 11.6 Å². The molecule has 1 aromatic rings. The summed E-state index contributed by atoms with van der Waals surface area (Å²) in [5.74, 6) is -0.829. The highest BCUT2D eigenvalue weighted by molar-refractivity contribution is 6.08. The molecule has 3 nitrogen and oxygen atoms in total.